The minimum atomic E-state index is -0.852. The minimum absolute atomic E-state index is 0.0721. The Bertz CT molecular complexity index is 671. The number of amides is 2. The van der Waals surface area contributed by atoms with Crippen molar-refractivity contribution in [3.05, 3.63) is 18.1 Å². The first-order valence-electron chi connectivity index (χ1n) is 10.0. The molecule has 1 fully saturated rings. The zero-order valence-electron chi connectivity index (χ0n) is 18.5. The van der Waals surface area contributed by atoms with Crippen molar-refractivity contribution in [2.24, 2.45) is 0 Å². The van der Waals surface area contributed by atoms with E-state index in [1.165, 1.54) is 6.20 Å². The van der Waals surface area contributed by atoms with Crippen molar-refractivity contribution in [2.75, 3.05) is 12.0 Å². The molecule has 1 heterocycles. The number of aromatic nitrogens is 2. The lowest BCUT2D eigenvalue weighted by molar-refractivity contribution is 0.0428. The van der Waals surface area contributed by atoms with Gasteiger partial charge in [-0.05, 0) is 67.2 Å². The van der Waals surface area contributed by atoms with Gasteiger partial charge in [0, 0.05) is 13.0 Å². The monoisotopic (exact) mass is 407 g/mol. The average molecular weight is 408 g/mol. The van der Waals surface area contributed by atoms with Crippen molar-refractivity contribution >= 4 is 18.0 Å². The standard InChI is InChI=1S/C21H33N3O5/c1-20(2,3)28-18(25)24(19(26)29-21(4,5)6)17-13-22-16(12-23-17)14-8-10-15(27-7)11-9-14/h12-15H,8-11H2,1-7H3. The van der Waals surface area contributed by atoms with Crippen LogP contribution in [0.15, 0.2) is 12.4 Å². The van der Waals surface area contributed by atoms with E-state index in [1.54, 1.807) is 54.8 Å². The summed E-state index contributed by atoms with van der Waals surface area (Å²) in [6.45, 7) is 10.4. The molecule has 1 aromatic rings. The molecule has 0 aliphatic heterocycles. The van der Waals surface area contributed by atoms with Crippen molar-refractivity contribution in [2.45, 2.75) is 90.4 Å². The fourth-order valence-electron chi connectivity index (χ4n) is 3.13. The van der Waals surface area contributed by atoms with Crippen LogP contribution in [0.4, 0.5) is 15.4 Å². The fourth-order valence-corrected chi connectivity index (χ4v) is 3.13. The molecule has 29 heavy (non-hydrogen) atoms. The molecule has 0 spiro atoms. The molecule has 2 amide bonds. The highest BCUT2D eigenvalue weighted by Crippen LogP contribution is 2.33. The van der Waals surface area contributed by atoms with Gasteiger partial charge in [0.2, 0.25) is 0 Å². The first-order chi connectivity index (χ1) is 13.4. The van der Waals surface area contributed by atoms with E-state index in [1.807, 2.05) is 0 Å². The molecule has 1 saturated carbocycles. The Hall–Kier alpha value is -2.22. The molecule has 8 nitrogen and oxygen atoms in total. The molecule has 0 unspecified atom stereocenters. The summed E-state index contributed by atoms with van der Waals surface area (Å²) in [7, 11) is 1.74. The minimum Gasteiger partial charge on any atom is -0.443 e. The van der Waals surface area contributed by atoms with Crippen LogP contribution in [0.2, 0.25) is 0 Å². The van der Waals surface area contributed by atoms with Gasteiger partial charge in [0.1, 0.15) is 11.2 Å². The van der Waals surface area contributed by atoms with E-state index >= 15 is 0 Å². The van der Waals surface area contributed by atoms with Gasteiger partial charge in [-0.15, -0.1) is 0 Å². The number of anilines is 1. The number of methoxy groups -OCH3 is 1. The van der Waals surface area contributed by atoms with E-state index in [0.29, 0.717) is 12.0 Å². The van der Waals surface area contributed by atoms with Gasteiger partial charge in [-0.2, -0.15) is 4.90 Å². The average Bonchev–Trinajstić information content (AvgIpc) is 2.59. The molecular weight excluding hydrogens is 374 g/mol. The van der Waals surface area contributed by atoms with Gasteiger partial charge < -0.3 is 14.2 Å². The largest absolute Gasteiger partial charge is 0.443 e. The number of hydrogen-bond acceptors (Lipinski definition) is 7. The highest BCUT2D eigenvalue weighted by molar-refractivity contribution is 6.08. The zero-order valence-corrected chi connectivity index (χ0v) is 18.5. The second-order valence-electron chi connectivity index (χ2n) is 9.30. The Morgan fingerprint density at radius 2 is 1.41 bits per heavy atom. The van der Waals surface area contributed by atoms with E-state index in [-0.39, 0.29) is 5.82 Å². The van der Waals surface area contributed by atoms with E-state index < -0.39 is 23.4 Å². The van der Waals surface area contributed by atoms with Gasteiger partial charge in [0.25, 0.3) is 0 Å². The third-order valence-electron chi connectivity index (χ3n) is 4.47. The van der Waals surface area contributed by atoms with Crippen LogP contribution in [0.1, 0.15) is 78.8 Å². The highest BCUT2D eigenvalue weighted by Gasteiger charge is 2.34. The van der Waals surface area contributed by atoms with Crippen molar-refractivity contribution < 1.29 is 23.8 Å². The predicted molar refractivity (Wildman–Crippen MR) is 109 cm³/mol. The molecule has 0 bridgehead atoms. The number of rotatable bonds is 3. The van der Waals surface area contributed by atoms with Crippen LogP contribution >= 0.6 is 0 Å². The van der Waals surface area contributed by atoms with E-state index in [2.05, 4.69) is 9.97 Å². The van der Waals surface area contributed by atoms with Crippen molar-refractivity contribution in [1.29, 1.82) is 0 Å². The van der Waals surface area contributed by atoms with Crippen LogP contribution in [-0.2, 0) is 14.2 Å². The number of carbonyl (C=O) groups is 2. The smallest absolute Gasteiger partial charge is 0.425 e. The lowest BCUT2D eigenvalue weighted by atomic mass is 9.85. The van der Waals surface area contributed by atoms with Gasteiger partial charge in [-0.25, -0.2) is 14.6 Å². The van der Waals surface area contributed by atoms with Gasteiger partial charge in [-0.3, -0.25) is 4.98 Å². The maximum Gasteiger partial charge on any atom is 0.425 e. The van der Waals surface area contributed by atoms with Gasteiger partial charge in [0.05, 0.1) is 24.2 Å². The van der Waals surface area contributed by atoms with E-state index in [4.69, 9.17) is 14.2 Å². The number of ether oxygens (including phenoxy) is 3. The quantitative estimate of drug-likeness (QED) is 0.709. The van der Waals surface area contributed by atoms with Gasteiger partial charge >= 0.3 is 12.2 Å². The predicted octanol–water partition coefficient (Wildman–Crippen LogP) is 4.83. The van der Waals surface area contributed by atoms with Gasteiger partial charge in [0.15, 0.2) is 5.82 Å². The van der Waals surface area contributed by atoms with Gasteiger partial charge in [-0.1, -0.05) is 0 Å². The SMILES string of the molecule is COC1CCC(c2cnc(N(C(=O)OC(C)(C)C)C(=O)OC(C)(C)C)cn2)CC1. The first kappa shape index (κ1) is 23.1. The van der Waals surface area contributed by atoms with Crippen molar-refractivity contribution in [3.8, 4) is 0 Å². The Labute approximate surface area is 172 Å². The molecule has 0 radical (unpaired) electrons. The van der Waals surface area contributed by atoms with Crippen LogP contribution in [0.25, 0.3) is 0 Å². The summed E-state index contributed by atoms with van der Waals surface area (Å²) in [4.78, 5) is 34.9. The van der Waals surface area contributed by atoms with Crippen LogP contribution in [0.3, 0.4) is 0 Å². The second-order valence-corrected chi connectivity index (χ2v) is 9.30. The Kier molecular flexibility index (Phi) is 7.21. The molecule has 0 aromatic carbocycles. The molecule has 1 aromatic heterocycles. The Balaban J connectivity index is 2.21. The number of carbonyl (C=O) groups excluding carboxylic acids is 2. The van der Waals surface area contributed by atoms with Crippen molar-refractivity contribution in [1.82, 2.24) is 9.97 Å². The summed E-state index contributed by atoms with van der Waals surface area (Å²) < 4.78 is 16.1. The lowest BCUT2D eigenvalue weighted by Gasteiger charge is -2.28. The molecule has 0 atom stereocenters. The third-order valence-corrected chi connectivity index (χ3v) is 4.47. The molecule has 0 N–H and O–H groups in total. The maximum absolute atomic E-state index is 12.7. The summed E-state index contributed by atoms with van der Waals surface area (Å²) in [5.74, 6) is 0.363. The second kappa shape index (κ2) is 9.07. The van der Waals surface area contributed by atoms with Crippen LogP contribution in [0.5, 0.6) is 0 Å². The topological polar surface area (TPSA) is 90.8 Å². The molecule has 2 rings (SSSR count). The third kappa shape index (κ3) is 6.96. The van der Waals surface area contributed by atoms with Crippen molar-refractivity contribution in [3.63, 3.8) is 0 Å². The van der Waals surface area contributed by atoms with Crippen LogP contribution < -0.4 is 4.90 Å². The fraction of sp³-hybridized carbons (Fsp3) is 0.714. The first-order valence-corrected chi connectivity index (χ1v) is 10.0. The summed E-state index contributed by atoms with van der Waals surface area (Å²) in [6, 6.07) is 0. The summed E-state index contributed by atoms with van der Waals surface area (Å²) in [6.07, 6.45) is 5.53. The molecule has 1 aliphatic carbocycles. The number of imide groups is 1. The number of nitrogens with zero attached hydrogens (tertiary/aromatic N) is 3. The normalized spacial score (nSPS) is 20.1. The van der Waals surface area contributed by atoms with E-state index in [9.17, 15) is 9.59 Å². The zero-order chi connectivity index (χ0) is 21.8. The van der Waals surface area contributed by atoms with E-state index in [0.717, 1.165) is 36.3 Å². The molecule has 1 aliphatic rings. The summed E-state index contributed by atoms with van der Waals surface area (Å²) in [5, 5.41) is 0. The molecule has 162 valence electrons. The summed E-state index contributed by atoms with van der Waals surface area (Å²) in [5.41, 5.74) is -0.702. The van der Waals surface area contributed by atoms with Crippen LogP contribution in [0, 0.1) is 0 Å². The number of hydrogen-bond donors (Lipinski definition) is 0. The highest BCUT2D eigenvalue weighted by atomic mass is 16.6. The van der Waals surface area contributed by atoms with Crippen LogP contribution in [-0.4, -0.2) is 46.6 Å². The Morgan fingerprint density at radius 1 is 0.897 bits per heavy atom. The molecule has 8 heteroatoms. The Morgan fingerprint density at radius 3 is 1.79 bits per heavy atom. The molecular formula is C21H33N3O5. The lowest BCUT2D eigenvalue weighted by Crippen LogP contribution is -2.44. The molecule has 0 saturated heterocycles. The maximum atomic E-state index is 12.7. The summed E-state index contributed by atoms with van der Waals surface area (Å²) >= 11 is 0.